The van der Waals surface area contributed by atoms with Crippen LogP contribution < -0.4 is 0 Å². The Hall–Kier alpha value is -12.7. The van der Waals surface area contributed by atoms with Crippen LogP contribution >= 0.6 is 0 Å². The van der Waals surface area contributed by atoms with E-state index in [-0.39, 0.29) is 39.4 Å². The molecule has 0 saturated carbocycles. The van der Waals surface area contributed by atoms with Crippen LogP contribution in [-0.4, -0.2) is 66.9 Å². The molecule has 12 nitrogen and oxygen atoms in total. The van der Waals surface area contributed by atoms with Crippen molar-refractivity contribution in [3.05, 3.63) is 359 Å². The molecule has 0 aliphatic heterocycles. The van der Waals surface area contributed by atoms with Gasteiger partial charge in [-0.15, -0.1) is 0 Å². The molecule has 0 aromatic heterocycles. The van der Waals surface area contributed by atoms with Crippen LogP contribution in [0.5, 0.6) is 0 Å². The van der Waals surface area contributed by atoms with Crippen LogP contribution in [0.15, 0.2) is 170 Å². The van der Waals surface area contributed by atoms with Crippen LogP contribution in [-0.2, 0) is 0 Å². The Morgan fingerprint density at radius 3 is 0.719 bits per heavy atom. The maximum absolute atomic E-state index is 12.6. The summed E-state index contributed by atoms with van der Waals surface area (Å²) >= 11 is 0. The first-order chi connectivity index (χ1) is 60.5. The number of benzene rings is 12. The van der Waals surface area contributed by atoms with Gasteiger partial charge in [-0.25, -0.2) is 24.0 Å². The van der Waals surface area contributed by atoms with Crippen molar-refractivity contribution in [1.29, 1.82) is 0 Å². The van der Waals surface area contributed by atoms with Gasteiger partial charge in [-0.1, -0.05) is 241 Å². The quantitative estimate of drug-likeness (QED) is 0.0959. The first-order valence-electron chi connectivity index (χ1n) is 44.8. The first-order valence-corrected chi connectivity index (χ1v) is 44.8. The fraction of sp³-hybridized carbons (Fsp3) is 0.319. The molecular formula is C116H144O12. The molecule has 0 heterocycles. The molecule has 0 unspecified atom stereocenters. The molecule has 5 N–H and O–H groups in total. The van der Waals surface area contributed by atoms with E-state index in [4.69, 9.17) is 0 Å². The lowest BCUT2D eigenvalue weighted by Crippen LogP contribution is -2.10. The average molecular weight is 1730 g/mol. The number of aryl methyl sites for hydroxylation is 8. The summed E-state index contributed by atoms with van der Waals surface area (Å²) in [6.45, 7) is 74.6. The number of carboxylic acid groups (broad SMARTS) is 5. The molecule has 0 bridgehead atoms. The van der Waals surface area contributed by atoms with Gasteiger partial charge in [0.25, 0.3) is 0 Å². The Balaban J connectivity index is 0.000000502. The van der Waals surface area contributed by atoms with E-state index < -0.39 is 29.8 Å². The van der Waals surface area contributed by atoms with Crippen LogP contribution in [0.25, 0.3) is 55.6 Å². The van der Waals surface area contributed by atoms with Gasteiger partial charge >= 0.3 is 29.8 Å². The predicted octanol–water partition coefficient (Wildman–Crippen LogP) is 31.6. The van der Waals surface area contributed by atoms with Crippen molar-refractivity contribution < 1.29 is 59.1 Å². The number of ketones is 2. The summed E-state index contributed by atoms with van der Waals surface area (Å²) in [5, 5.41) is 46.6. The lowest BCUT2D eigenvalue weighted by atomic mass is 9.88. The van der Waals surface area contributed by atoms with E-state index in [1.54, 1.807) is 108 Å². The topological polar surface area (TPSA) is 221 Å². The molecule has 12 heteroatoms. The largest absolute Gasteiger partial charge is 0.478 e. The number of carboxylic acids is 5. The van der Waals surface area contributed by atoms with Gasteiger partial charge < -0.3 is 25.5 Å². The molecule has 0 fully saturated rings. The first kappa shape index (κ1) is 111. The SMILES string of the molecule is CC.CC.CC.CC.CC.CC.Cc1c(C)c(C)c2c(c1C)C(=O)c1ccccc1-2.Cc1c(C)c2c(c(C)c1C(=O)O)C(=O)c1ccccc1-2.Cc1cc(-c2ccccc2C(=O)O)c(C)c(C)c1C(=O)O.Cc1cc(-c2ccccc2C(=O)O)c(C)c(C)c1C(=O)O.Cc1cc(C)c(C)c(C)c1C.Cc1ccccc1-c1cc(C)c(C)c(C)c1C.Cc1ccccc1C. The van der Waals surface area contributed by atoms with Crippen LogP contribution in [0, 0.1) is 173 Å². The molecule has 12 aromatic carbocycles. The van der Waals surface area contributed by atoms with Gasteiger partial charge in [-0.05, 0) is 380 Å². The predicted molar refractivity (Wildman–Crippen MR) is 540 cm³/mol. The molecule has 0 atom stereocenters. The summed E-state index contributed by atoms with van der Waals surface area (Å²) in [6.07, 6.45) is 0. The molecule has 680 valence electrons. The van der Waals surface area contributed by atoms with Gasteiger partial charge in [-0.3, -0.25) is 9.59 Å². The third-order valence-corrected chi connectivity index (χ3v) is 24.1. The van der Waals surface area contributed by atoms with Crippen molar-refractivity contribution in [2.24, 2.45) is 0 Å². The summed E-state index contributed by atoms with van der Waals surface area (Å²) in [5.74, 6) is -4.79. The van der Waals surface area contributed by atoms with Crippen LogP contribution in [0.1, 0.15) is 306 Å². The fourth-order valence-electron chi connectivity index (χ4n) is 15.7. The Morgan fingerprint density at radius 2 is 0.398 bits per heavy atom. The summed E-state index contributed by atoms with van der Waals surface area (Å²) in [7, 11) is 0. The van der Waals surface area contributed by atoms with Gasteiger partial charge in [0.1, 0.15) is 0 Å². The number of hydrogen-bond acceptors (Lipinski definition) is 7. The van der Waals surface area contributed by atoms with Crippen molar-refractivity contribution in [2.45, 2.75) is 256 Å². The normalized spacial score (nSPS) is 10.3. The number of carbonyl (C=O) groups excluding carboxylic acids is 2. The van der Waals surface area contributed by atoms with Crippen molar-refractivity contribution >= 4 is 41.4 Å². The van der Waals surface area contributed by atoms with Gasteiger partial charge in [0.2, 0.25) is 0 Å². The van der Waals surface area contributed by atoms with Crippen molar-refractivity contribution in [1.82, 2.24) is 0 Å². The molecule has 0 radical (unpaired) electrons. The van der Waals surface area contributed by atoms with E-state index in [0.717, 1.165) is 72.3 Å². The smallest absolute Gasteiger partial charge is 0.336 e. The molecule has 14 rings (SSSR count). The second-order valence-corrected chi connectivity index (χ2v) is 30.7. The van der Waals surface area contributed by atoms with E-state index in [0.29, 0.717) is 50.1 Å². The zero-order valence-electron chi connectivity index (χ0n) is 83.8. The second-order valence-electron chi connectivity index (χ2n) is 30.7. The van der Waals surface area contributed by atoms with Crippen LogP contribution in [0.3, 0.4) is 0 Å². The maximum Gasteiger partial charge on any atom is 0.336 e. The van der Waals surface area contributed by atoms with Crippen molar-refractivity contribution in [3.63, 3.8) is 0 Å². The lowest BCUT2D eigenvalue weighted by molar-refractivity contribution is 0.0684. The molecule has 128 heavy (non-hydrogen) atoms. The highest BCUT2D eigenvalue weighted by Gasteiger charge is 2.34. The van der Waals surface area contributed by atoms with Gasteiger partial charge in [0, 0.05) is 22.3 Å². The van der Waals surface area contributed by atoms with E-state index in [9.17, 15) is 59.1 Å². The van der Waals surface area contributed by atoms with Crippen LogP contribution in [0.4, 0.5) is 0 Å². The van der Waals surface area contributed by atoms with Crippen molar-refractivity contribution in [3.8, 4) is 55.6 Å². The minimum atomic E-state index is -0.998. The Labute approximate surface area is 766 Å². The van der Waals surface area contributed by atoms with E-state index in [1.165, 1.54) is 94.6 Å². The molecule has 12 aromatic rings. The third-order valence-electron chi connectivity index (χ3n) is 24.1. The number of fused-ring (bicyclic) bond motifs is 6. The highest BCUT2D eigenvalue weighted by atomic mass is 16.4. The number of aromatic carboxylic acids is 5. The monoisotopic (exact) mass is 1730 g/mol. The molecule has 0 spiro atoms. The molecule has 0 amide bonds. The summed E-state index contributed by atoms with van der Waals surface area (Å²) < 4.78 is 0. The summed E-state index contributed by atoms with van der Waals surface area (Å²) in [6, 6.07) is 53.9. The second kappa shape index (κ2) is 51.8. The minimum Gasteiger partial charge on any atom is -0.478 e. The number of rotatable bonds is 8. The molecule has 0 saturated heterocycles. The maximum atomic E-state index is 12.6. The fourth-order valence-corrected chi connectivity index (χ4v) is 15.7. The third kappa shape index (κ3) is 25.4. The summed E-state index contributed by atoms with van der Waals surface area (Å²) in [4.78, 5) is 81.9. The zero-order chi connectivity index (χ0) is 98.2. The zero-order valence-corrected chi connectivity index (χ0v) is 83.8. The van der Waals surface area contributed by atoms with Crippen LogP contribution in [0.2, 0.25) is 0 Å². The molecular weight excluding hydrogens is 1590 g/mol. The molecule has 2 aliphatic carbocycles. The van der Waals surface area contributed by atoms with Gasteiger partial charge in [0.05, 0.1) is 27.8 Å². The highest BCUT2D eigenvalue weighted by Crippen LogP contribution is 2.45. The summed E-state index contributed by atoms with van der Waals surface area (Å²) in [5.41, 5.74) is 41.8. The Bertz CT molecular complexity index is 5800. The Kier molecular flexibility index (Phi) is 45.1. The van der Waals surface area contributed by atoms with E-state index in [2.05, 4.69) is 178 Å². The van der Waals surface area contributed by atoms with Gasteiger partial charge in [-0.2, -0.15) is 0 Å². The number of carbonyl (C=O) groups is 7. The molecule has 2 aliphatic rings. The number of hydrogen-bond donors (Lipinski definition) is 5. The lowest BCUT2D eigenvalue weighted by Gasteiger charge is -2.16. The standard InChI is InChI=1S/2C17H16O4.C17H14O3.C17H16O.C17H20.C11H16.C8H10.6C2H6/c2*1-9-8-14(10(2)11(3)15(9)17(20)21)12-6-4-5-7-13(12)16(18)19;1-8-9(2)14-11-6-4-5-7-12(11)16(18)15(14)10(3)13(8)17(19)20;1-9-10(2)12(4)16-15(11(9)3)13-7-5-6-8-14(13)17(16)18;1-11-8-6-7-9-16(11)17-10-12(2)13(3)14(4)15(17)5;1-7-6-8(2)10(4)11(5)9(7)3;1-7-5-3-4-6-8(7)2;6*1-2/h2*4-8H,1-3H3,(H,18,19)(H,20,21);4-7H,1-3H3,(H,19,20);5-8H,1-4H3;6-10H,1-5H3;6H,1-5H3;3-6H,1-2H3;6*1-2H3. The minimum absolute atomic E-state index is 0.0706. The highest BCUT2D eigenvalue weighted by molar-refractivity contribution is 6.25. The van der Waals surface area contributed by atoms with E-state index in [1.807, 2.05) is 140 Å². The van der Waals surface area contributed by atoms with Gasteiger partial charge in [0.15, 0.2) is 11.6 Å². The Morgan fingerprint density at radius 1 is 0.172 bits per heavy atom. The average Bonchev–Trinajstić information content (AvgIpc) is 1.58. The van der Waals surface area contributed by atoms with Crippen molar-refractivity contribution in [2.75, 3.05) is 0 Å². The van der Waals surface area contributed by atoms with E-state index >= 15 is 0 Å².